The van der Waals surface area contributed by atoms with Gasteiger partial charge < -0.3 is 19.9 Å². The molecule has 0 saturated heterocycles. The lowest BCUT2D eigenvalue weighted by Crippen LogP contribution is -2.16. The zero-order chi connectivity index (χ0) is 25.3. The van der Waals surface area contributed by atoms with Gasteiger partial charge in [-0.3, -0.25) is 4.79 Å². The third kappa shape index (κ3) is 4.90. The third-order valence-corrected chi connectivity index (χ3v) is 5.26. The Hall–Kier alpha value is -4.12. The van der Waals surface area contributed by atoms with Gasteiger partial charge in [0.2, 0.25) is 0 Å². The van der Waals surface area contributed by atoms with Crippen molar-refractivity contribution in [1.82, 2.24) is 14.6 Å². The van der Waals surface area contributed by atoms with Crippen LogP contribution in [0.3, 0.4) is 0 Å². The Kier molecular flexibility index (Phi) is 6.35. The number of aliphatic hydroxyl groups excluding tert-OH is 1. The number of nitrogens with one attached hydrogen (secondary N) is 1. The number of benzene rings is 2. The number of halogens is 3. The maximum Gasteiger partial charge on any atom is 0.433 e. The highest BCUT2D eigenvalue weighted by Gasteiger charge is 2.35. The average Bonchev–Trinajstić information content (AvgIpc) is 3.26. The van der Waals surface area contributed by atoms with Crippen molar-refractivity contribution in [2.75, 3.05) is 19.5 Å². The fourth-order valence-corrected chi connectivity index (χ4v) is 3.50. The van der Waals surface area contributed by atoms with Gasteiger partial charge >= 0.3 is 6.18 Å². The Morgan fingerprint density at radius 1 is 1.06 bits per heavy atom. The molecule has 2 heterocycles. The van der Waals surface area contributed by atoms with E-state index in [1.165, 1.54) is 26.4 Å². The van der Waals surface area contributed by atoms with Crippen molar-refractivity contribution in [2.45, 2.75) is 19.2 Å². The van der Waals surface area contributed by atoms with Gasteiger partial charge in [-0.15, -0.1) is 0 Å². The fourth-order valence-electron chi connectivity index (χ4n) is 3.50. The number of amides is 1. The Morgan fingerprint density at radius 3 is 2.46 bits per heavy atom. The summed E-state index contributed by atoms with van der Waals surface area (Å²) in [6.07, 6.45) is -5.52. The van der Waals surface area contributed by atoms with Gasteiger partial charge in [0.25, 0.3) is 5.91 Å². The second kappa shape index (κ2) is 9.26. The van der Waals surface area contributed by atoms with Crippen molar-refractivity contribution in [3.8, 4) is 22.8 Å². The standard InChI is InChI=1S/C24H21F3N4O4/c1-13(32)14-5-4-6-16(9-14)28-23(33)18-12-22-29-17(11-21(24(25,26)27)31(22)30-18)15-7-8-19(34-2)20(10-15)35-3/h4-13,32H,1-3H3,(H,28,33). The van der Waals surface area contributed by atoms with E-state index in [1.807, 2.05) is 0 Å². The average molecular weight is 486 g/mol. The zero-order valence-corrected chi connectivity index (χ0v) is 18.9. The Morgan fingerprint density at radius 2 is 1.80 bits per heavy atom. The van der Waals surface area contributed by atoms with Crippen molar-refractivity contribution < 1.29 is 32.5 Å². The summed E-state index contributed by atoms with van der Waals surface area (Å²) in [5.74, 6) is 0.0172. The van der Waals surface area contributed by atoms with Gasteiger partial charge in [0.05, 0.1) is 26.0 Å². The number of aromatic nitrogens is 3. The molecule has 0 fully saturated rings. The van der Waals surface area contributed by atoms with E-state index in [1.54, 1.807) is 43.3 Å². The molecule has 1 atom stereocenters. The predicted molar refractivity (Wildman–Crippen MR) is 122 cm³/mol. The molecule has 1 unspecified atom stereocenters. The minimum absolute atomic E-state index is 0.0160. The quantitative estimate of drug-likeness (QED) is 0.409. The van der Waals surface area contributed by atoms with Crippen LogP contribution in [0, 0.1) is 0 Å². The zero-order valence-electron chi connectivity index (χ0n) is 18.9. The first-order valence-corrected chi connectivity index (χ1v) is 10.4. The van der Waals surface area contributed by atoms with Crippen LogP contribution >= 0.6 is 0 Å². The van der Waals surface area contributed by atoms with Crippen LogP contribution in [0.15, 0.2) is 54.6 Å². The van der Waals surface area contributed by atoms with Gasteiger partial charge in [-0.25, -0.2) is 9.50 Å². The monoisotopic (exact) mass is 486 g/mol. The highest BCUT2D eigenvalue weighted by atomic mass is 19.4. The maximum atomic E-state index is 13.9. The number of alkyl halides is 3. The molecule has 0 spiro atoms. The number of anilines is 1. The first-order valence-electron chi connectivity index (χ1n) is 10.4. The van der Waals surface area contributed by atoms with Crippen molar-refractivity contribution in [3.05, 3.63) is 71.5 Å². The van der Waals surface area contributed by atoms with Crippen LogP contribution < -0.4 is 14.8 Å². The fraction of sp³-hybridized carbons (Fsp3) is 0.208. The number of nitrogens with zero attached hydrogens (tertiary/aromatic N) is 3. The van der Waals surface area contributed by atoms with E-state index in [0.717, 1.165) is 6.07 Å². The van der Waals surface area contributed by atoms with Gasteiger partial charge in [-0.2, -0.15) is 18.3 Å². The molecule has 8 nitrogen and oxygen atoms in total. The molecule has 0 aliphatic heterocycles. The number of hydrogen-bond acceptors (Lipinski definition) is 6. The lowest BCUT2D eigenvalue weighted by atomic mass is 10.1. The van der Waals surface area contributed by atoms with E-state index < -0.39 is 23.9 Å². The summed E-state index contributed by atoms with van der Waals surface area (Å²) < 4.78 is 52.7. The van der Waals surface area contributed by atoms with Crippen LogP contribution in [-0.2, 0) is 6.18 Å². The summed E-state index contributed by atoms with van der Waals surface area (Å²) in [5, 5.41) is 16.2. The predicted octanol–water partition coefficient (Wildman–Crippen LogP) is 4.74. The summed E-state index contributed by atoms with van der Waals surface area (Å²) in [7, 11) is 2.86. The number of rotatable bonds is 6. The highest BCUT2D eigenvalue weighted by molar-refractivity contribution is 6.03. The topological polar surface area (TPSA) is 98.0 Å². The molecule has 2 aromatic heterocycles. The normalized spacial score (nSPS) is 12.4. The molecule has 182 valence electrons. The number of hydrogen-bond donors (Lipinski definition) is 2. The molecule has 11 heteroatoms. The van der Waals surface area contributed by atoms with Crippen LogP contribution in [0.2, 0.25) is 0 Å². The van der Waals surface area contributed by atoms with Gasteiger partial charge in [-0.1, -0.05) is 12.1 Å². The number of carbonyl (C=O) groups is 1. The van der Waals surface area contributed by atoms with E-state index in [-0.39, 0.29) is 17.0 Å². The first kappa shape index (κ1) is 24.0. The number of carbonyl (C=O) groups excluding carboxylic acids is 1. The number of ether oxygens (including phenoxy) is 2. The van der Waals surface area contributed by atoms with E-state index in [9.17, 15) is 23.1 Å². The Labute approximate surface area is 197 Å². The smallest absolute Gasteiger partial charge is 0.433 e. The molecule has 2 aromatic carbocycles. The molecule has 0 radical (unpaired) electrons. The summed E-state index contributed by atoms with van der Waals surface area (Å²) in [4.78, 5) is 17.0. The lowest BCUT2D eigenvalue weighted by molar-refractivity contribution is -0.142. The van der Waals surface area contributed by atoms with Crippen molar-refractivity contribution >= 4 is 17.2 Å². The van der Waals surface area contributed by atoms with Crippen LogP contribution in [0.25, 0.3) is 16.9 Å². The highest BCUT2D eigenvalue weighted by Crippen LogP contribution is 2.35. The first-order chi connectivity index (χ1) is 16.6. The molecule has 35 heavy (non-hydrogen) atoms. The third-order valence-electron chi connectivity index (χ3n) is 5.26. The SMILES string of the molecule is COc1ccc(-c2cc(C(F)(F)F)n3nc(C(=O)Nc4cccc(C(C)O)c4)cc3n2)cc1OC. The van der Waals surface area contributed by atoms with Crippen LogP contribution in [0.4, 0.5) is 18.9 Å². The molecule has 0 saturated carbocycles. The van der Waals surface area contributed by atoms with E-state index in [4.69, 9.17) is 9.47 Å². The number of aliphatic hydroxyl groups is 1. The molecule has 2 N–H and O–H groups in total. The van der Waals surface area contributed by atoms with Crippen LogP contribution in [-0.4, -0.2) is 39.8 Å². The summed E-state index contributed by atoms with van der Waals surface area (Å²) in [6, 6.07) is 13.1. The molecule has 0 aliphatic carbocycles. The molecule has 4 rings (SSSR count). The van der Waals surface area contributed by atoms with E-state index in [0.29, 0.717) is 32.8 Å². The van der Waals surface area contributed by atoms with Crippen molar-refractivity contribution in [2.24, 2.45) is 0 Å². The maximum absolute atomic E-state index is 13.9. The van der Waals surface area contributed by atoms with Gasteiger partial charge in [0, 0.05) is 17.3 Å². The van der Waals surface area contributed by atoms with Crippen molar-refractivity contribution in [1.29, 1.82) is 0 Å². The summed E-state index contributed by atoms with van der Waals surface area (Å²) in [6.45, 7) is 1.57. The van der Waals surface area contributed by atoms with Gasteiger partial charge in [-0.05, 0) is 48.9 Å². The van der Waals surface area contributed by atoms with Gasteiger partial charge in [0.15, 0.2) is 28.5 Å². The molecular weight excluding hydrogens is 465 g/mol. The second-order valence-corrected chi connectivity index (χ2v) is 7.65. The summed E-state index contributed by atoms with van der Waals surface area (Å²) >= 11 is 0. The van der Waals surface area contributed by atoms with E-state index >= 15 is 0 Å². The second-order valence-electron chi connectivity index (χ2n) is 7.65. The molecule has 0 bridgehead atoms. The van der Waals surface area contributed by atoms with Gasteiger partial charge in [0.1, 0.15) is 0 Å². The molecular formula is C24H21F3N4O4. The minimum Gasteiger partial charge on any atom is -0.493 e. The van der Waals surface area contributed by atoms with Crippen LogP contribution in [0.1, 0.15) is 34.8 Å². The van der Waals surface area contributed by atoms with Crippen molar-refractivity contribution in [3.63, 3.8) is 0 Å². The van der Waals surface area contributed by atoms with E-state index in [2.05, 4.69) is 15.4 Å². The lowest BCUT2D eigenvalue weighted by Gasteiger charge is -2.12. The molecule has 4 aromatic rings. The van der Waals surface area contributed by atoms with Crippen LogP contribution in [0.5, 0.6) is 11.5 Å². The molecule has 1 amide bonds. The number of fused-ring (bicyclic) bond motifs is 1. The Balaban J connectivity index is 1.76. The molecule has 0 aliphatic rings. The Bertz CT molecular complexity index is 1400. The summed E-state index contributed by atoms with van der Waals surface area (Å²) in [5.41, 5.74) is -0.205. The minimum atomic E-state index is -4.77. The largest absolute Gasteiger partial charge is 0.493 e. The number of methoxy groups -OCH3 is 2.